The van der Waals surface area contributed by atoms with Crippen LogP contribution in [-0.4, -0.2) is 239 Å². The average Bonchev–Trinajstić information content (AvgIpc) is 3.98. The van der Waals surface area contributed by atoms with Crippen LogP contribution in [0, 0.1) is 40.4 Å². The normalized spacial score (nSPS) is 58.4. The first-order valence-electron chi connectivity index (χ1n) is 26.9. The average molecular weight is 1060 g/mol. The van der Waals surface area contributed by atoms with E-state index in [2.05, 4.69) is 26.8 Å². The summed E-state index contributed by atoms with van der Waals surface area (Å²) in [5.74, 6) is -0.495. The van der Waals surface area contributed by atoms with Crippen LogP contribution in [0.5, 0.6) is 0 Å². The first-order chi connectivity index (χ1) is 34.9. The number of allylic oxidation sites excluding steroid dienone is 1. The fourth-order valence-electron chi connectivity index (χ4n) is 15.5. The lowest BCUT2D eigenvalue weighted by Gasteiger charge is -2.60. The number of rotatable bonds is 11. The van der Waals surface area contributed by atoms with Gasteiger partial charge in [-0.2, -0.15) is 0 Å². The van der Waals surface area contributed by atoms with Crippen LogP contribution in [0.15, 0.2) is 11.6 Å². The van der Waals surface area contributed by atoms with Gasteiger partial charge in [0.05, 0.1) is 55.9 Å². The summed E-state index contributed by atoms with van der Waals surface area (Å²) in [5.41, 5.74) is -0.456. The second-order valence-corrected chi connectivity index (χ2v) is 24.2. The molecule has 424 valence electrons. The maximum atomic E-state index is 12.5. The van der Waals surface area contributed by atoms with Crippen molar-refractivity contribution in [1.29, 1.82) is 0 Å². The molecule has 0 aromatic heterocycles. The van der Waals surface area contributed by atoms with Gasteiger partial charge in [0.15, 0.2) is 30.9 Å². The smallest absolute Gasteiger partial charge is 0.187 e. The molecule has 13 N–H and O–H groups in total. The van der Waals surface area contributed by atoms with Gasteiger partial charge >= 0.3 is 0 Å². The number of aliphatic hydroxyl groups is 13. The van der Waals surface area contributed by atoms with Crippen molar-refractivity contribution in [2.24, 2.45) is 40.4 Å². The van der Waals surface area contributed by atoms with E-state index < -0.39 is 165 Å². The summed E-state index contributed by atoms with van der Waals surface area (Å²) in [7, 11) is 0. The zero-order valence-corrected chi connectivity index (χ0v) is 42.9. The largest absolute Gasteiger partial charge is 0.394 e. The molecule has 0 aromatic rings. The molecule has 23 heteroatoms. The molecule has 0 bridgehead atoms. The third-order valence-electron chi connectivity index (χ3n) is 20.0. The zero-order valence-electron chi connectivity index (χ0n) is 42.9. The van der Waals surface area contributed by atoms with Crippen molar-refractivity contribution in [3.8, 4) is 0 Å². The number of hydrogen-bond donors (Lipinski definition) is 13. The summed E-state index contributed by atoms with van der Waals surface area (Å²) in [6.45, 7) is 10.2. The minimum Gasteiger partial charge on any atom is -0.394 e. The Kier molecular flexibility index (Phi) is 15.7. The molecule has 0 aromatic carbocycles. The Morgan fingerprint density at radius 3 is 1.82 bits per heavy atom. The zero-order chi connectivity index (χ0) is 53.3. The highest BCUT2D eigenvalue weighted by atomic mass is 16.8. The molecule has 10 aliphatic rings. The SMILES string of the molecule is C[C@@H]1O[C@@H](O[C@H]2[C@H](O[C@H]3CC[C@@]4(C)C(=CC[C@H]5[C@@H]6C[C@@H]7O[C@@]8(CC[C@](C)(CO[C@@H]9O[C@H](CO)[C@@H](O)[C@H](O)[C@H]9O)O8)[C@@H](C)[C@@H]7[C@@]6(C)[C@@H](O)C[C@@H]54)C3)O[C@H](CO)[C@@H](O[C@@H]3O[C@@H](C)[C@H](O)[C@@H](O)[C@H]3O)[C@@H]2O)[C@H](O)[C@H](O)[C@H]1O. The predicted octanol–water partition coefficient (Wildman–Crippen LogP) is -2.85. The van der Waals surface area contributed by atoms with Crippen LogP contribution in [-0.2, 0) is 47.4 Å². The molecule has 0 radical (unpaired) electrons. The Bertz CT molecular complexity index is 2000. The van der Waals surface area contributed by atoms with E-state index in [-0.39, 0.29) is 47.7 Å². The van der Waals surface area contributed by atoms with Crippen molar-refractivity contribution in [1.82, 2.24) is 0 Å². The van der Waals surface area contributed by atoms with Crippen LogP contribution in [0.4, 0.5) is 0 Å². The Morgan fingerprint density at radius 2 is 1.19 bits per heavy atom. The van der Waals surface area contributed by atoms with Crippen molar-refractivity contribution in [2.45, 2.75) is 245 Å². The van der Waals surface area contributed by atoms with E-state index in [0.717, 1.165) is 12.8 Å². The highest BCUT2D eigenvalue weighted by Gasteiger charge is 2.72. The van der Waals surface area contributed by atoms with E-state index in [9.17, 15) is 66.4 Å². The first-order valence-corrected chi connectivity index (χ1v) is 26.9. The Balaban J connectivity index is 0.821. The van der Waals surface area contributed by atoms with Gasteiger partial charge in [-0.15, -0.1) is 0 Å². The van der Waals surface area contributed by atoms with Gasteiger partial charge in [0, 0.05) is 23.7 Å². The van der Waals surface area contributed by atoms with E-state index in [1.165, 1.54) is 19.4 Å². The molecule has 3 saturated carbocycles. The van der Waals surface area contributed by atoms with Crippen molar-refractivity contribution < 1.29 is 114 Å². The molecule has 23 nitrogen and oxygen atoms in total. The fraction of sp³-hybridized carbons (Fsp3) is 0.961. The quantitative estimate of drug-likeness (QED) is 0.0927. The Labute approximate surface area is 430 Å². The molecule has 32 atom stereocenters. The summed E-state index contributed by atoms with van der Waals surface area (Å²) in [6.07, 6.45) is -23.4. The van der Waals surface area contributed by atoms with Crippen LogP contribution in [0.25, 0.3) is 0 Å². The van der Waals surface area contributed by atoms with Gasteiger partial charge in [-0.25, -0.2) is 0 Å². The summed E-state index contributed by atoms with van der Waals surface area (Å²) in [5, 5.41) is 140. The highest BCUT2D eigenvalue weighted by molar-refractivity contribution is 5.28. The minimum absolute atomic E-state index is 0.00628. The molecule has 0 unspecified atom stereocenters. The summed E-state index contributed by atoms with van der Waals surface area (Å²) in [6, 6.07) is 0. The second-order valence-electron chi connectivity index (χ2n) is 24.2. The third kappa shape index (κ3) is 9.19. The maximum Gasteiger partial charge on any atom is 0.187 e. The number of aliphatic hydroxyl groups excluding tert-OH is 13. The fourth-order valence-corrected chi connectivity index (χ4v) is 15.5. The van der Waals surface area contributed by atoms with E-state index in [0.29, 0.717) is 38.5 Å². The Hall–Kier alpha value is -1.18. The van der Waals surface area contributed by atoms with Gasteiger partial charge in [0.1, 0.15) is 85.5 Å². The van der Waals surface area contributed by atoms with Crippen LogP contribution in [0.1, 0.15) is 92.9 Å². The lowest BCUT2D eigenvalue weighted by molar-refractivity contribution is -0.388. The first kappa shape index (κ1) is 56.1. The topological polar surface area (TPSA) is 355 Å². The van der Waals surface area contributed by atoms with Gasteiger partial charge in [-0.1, -0.05) is 32.4 Å². The molecular weight excluding hydrogens is 981 g/mol. The van der Waals surface area contributed by atoms with Crippen LogP contribution in [0.2, 0.25) is 0 Å². The van der Waals surface area contributed by atoms with Gasteiger partial charge in [0.2, 0.25) is 0 Å². The molecule has 6 saturated heterocycles. The molecule has 0 amide bonds. The predicted molar refractivity (Wildman–Crippen MR) is 248 cm³/mol. The molecule has 4 aliphatic carbocycles. The van der Waals surface area contributed by atoms with Crippen LogP contribution in [0.3, 0.4) is 0 Å². The number of fused-ring (bicyclic) bond motifs is 7. The van der Waals surface area contributed by atoms with Crippen molar-refractivity contribution in [2.75, 3.05) is 19.8 Å². The molecular formula is C51H82O23. The minimum atomic E-state index is -1.77. The molecule has 9 fully saturated rings. The van der Waals surface area contributed by atoms with Gasteiger partial charge in [0.25, 0.3) is 0 Å². The van der Waals surface area contributed by atoms with Gasteiger partial charge in [-0.3, -0.25) is 0 Å². The van der Waals surface area contributed by atoms with E-state index in [1.807, 2.05) is 6.92 Å². The molecule has 6 heterocycles. The molecule has 1 spiro atoms. The standard InChI is InChI=1S/C51H82O23/c1-19-31-27(73-51(19)12-11-48(4,74-51)18-65-44-38(61)37(60)34(57)28(16-52)69-44)14-26-24-8-7-22-13-23(9-10-49(22,5)25(24)15-30(54)50(26,31)6)68-47-43(72-46-40(63)36(59)33(56)21(3)67-46)41(64)42(29(17-53)70-47)71-45-39(62)35(58)32(55)20(2)66-45/h7,19-21,23-47,52-64H,8-18H2,1-6H3/t19-,20-,21-,23-,24+,25-,26-,27-,28+,29+,30-,31-,32-,33-,34+,35+,36+,37-,38+,39+,40+,41-,42+,43+,44+,45-,46-,47+,48+,49-,50+,51+/m0/s1. The van der Waals surface area contributed by atoms with Crippen molar-refractivity contribution >= 4 is 0 Å². The highest BCUT2D eigenvalue weighted by Crippen LogP contribution is 2.71. The van der Waals surface area contributed by atoms with E-state index >= 15 is 0 Å². The Morgan fingerprint density at radius 1 is 0.595 bits per heavy atom. The van der Waals surface area contributed by atoms with Gasteiger partial charge < -0.3 is 114 Å². The van der Waals surface area contributed by atoms with Crippen LogP contribution >= 0.6 is 0 Å². The maximum absolute atomic E-state index is 12.5. The molecule has 6 aliphatic heterocycles. The van der Waals surface area contributed by atoms with E-state index in [4.69, 9.17) is 47.4 Å². The lowest BCUT2D eigenvalue weighted by atomic mass is 9.46. The number of ether oxygens (including phenoxy) is 10. The lowest BCUT2D eigenvalue weighted by Crippen LogP contribution is -2.66. The summed E-state index contributed by atoms with van der Waals surface area (Å²) >= 11 is 0. The third-order valence-corrected chi connectivity index (χ3v) is 20.0. The molecule has 74 heavy (non-hydrogen) atoms. The summed E-state index contributed by atoms with van der Waals surface area (Å²) < 4.78 is 62.0. The van der Waals surface area contributed by atoms with Crippen LogP contribution < -0.4 is 0 Å². The van der Waals surface area contributed by atoms with Crippen molar-refractivity contribution in [3.63, 3.8) is 0 Å². The monoisotopic (exact) mass is 1060 g/mol. The summed E-state index contributed by atoms with van der Waals surface area (Å²) in [4.78, 5) is 0. The van der Waals surface area contributed by atoms with Crippen molar-refractivity contribution in [3.05, 3.63) is 11.6 Å². The van der Waals surface area contributed by atoms with E-state index in [1.54, 1.807) is 0 Å². The van der Waals surface area contributed by atoms with Gasteiger partial charge in [-0.05, 0) is 88.9 Å². The number of hydrogen-bond acceptors (Lipinski definition) is 23. The second kappa shape index (κ2) is 20.7. The molecule has 10 rings (SSSR count).